The largest absolute Gasteiger partial charge is 0.244 e. The van der Waals surface area contributed by atoms with E-state index in [0.717, 1.165) is 8.60 Å². The highest BCUT2D eigenvalue weighted by Gasteiger charge is 2.04. The molecule has 1 aromatic heterocycles. The summed E-state index contributed by atoms with van der Waals surface area (Å²) in [7, 11) is 0. The summed E-state index contributed by atoms with van der Waals surface area (Å²) in [5.41, 5.74) is 1.37. The zero-order valence-electron chi connectivity index (χ0n) is 9.72. The van der Waals surface area contributed by atoms with Gasteiger partial charge < -0.3 is 0 Å². The third-order valence-corrected chi connectivity index (χ3v) is 4.58. The van der Waals surface area contributed by atoms with E-state index in [1.54, 1.807) is 18.1 Å². The molecule has 0 unspecified atom stereocenters. The minimum absolute atomic E-state index is 0.577. The summed E-state index contributed by atoms with van der Waals surface area (Å²) >= 11 is 3.93. The molecule has 17 heavy (non-hydrogen) atoms. The van der Waals surface area contributed by atoms with E-state index < -0.39 is 0 Å². The molecule has 0 aliphatic rings. The van der Waals surface area contributed by atoms with Gasteiger partial charge in [-0.05, 0) is 46.2 Å². The lowest BCUT2D eigenvalue weighted by atomic mass is 10.0. The molecule has 1 aromatic carbocycles. The molecule has 0 aliphatic carbocycles. The van der Waals surface area contributed by atoms with Gasteiger partial charge in [0.25, 0.3) is 0 Å². The van der Waals surface area contributed by atoms with Crippen molar-refractivity contribution >= 4 is 34.4 Å². The average Bonchev–Trinajstić information content (AvgIpc) is 2.33. The Labute approximate surface area is 119 Å². The van der Waals surface area contributed by atoms with Crippen LogP contribution in [0.25, 0.3) is 0 Å². The van der Waals surface area contributed by atoms with Crippen molar-refractivity contribution in [3.8, 4) is 0 Å². The van der Waals surface area contributed by atoms with Crippen molar-refractivity contribution in [3.05, 3.63) is 45.9 Å². The van der Waals surface area contributed by atoms with Crippen LogP contribution < -0.4 is 0 Å². The van der Waals surface area contributed by atoms with Gasteiger partial charge in [0.05, 0.1) is 3.57 Å². The molecule has 0 aliphatic heterocycles. The molecular formula is C13H13IN2S. The lowest BCUT2D eigenvalue weighted by Gasteiger charge is -2.06. The highest BCUT2D eigenvalue weighted by Crippen LogP contribution is 2.29. The molecule has 0 fully saturated rings. The maximum atomic E-state index is 4.28. The SMILES string of the molecule is CC(C)c1ccc(Sc2ncncc2I)cc1. The van der Waals surface area contributed by atoms with Crippen molar-refractivity contribution in [2.75, 3.05) is 0 Å². The Hall–Kier alpha value is -0.620. The Balaban J connectivity index is 2.17. The predicted molar refractivity (Wildman–Crippen MR) is 79.4 cm³/mol. The minimum atomic E-state index is 0.577. The van der Waals surface area contributed by atoms with Gasteiger partial charge in [-0.3, -0.25) is 0 Å². The van der Waals surface area contributed by atoms with Crippen LogP contribution in [0.15, 0.2) is 46.7 Å². The number of nitrogens with zero attached hydrogens (tertiary/aromatic N) is 2. The first-order chi connectivity index (χ1) is 8.16. The molecule has 0 saturated heterocycles. The van der Waals surface area contributed by atoms with Crippen molar-refractivity contribution in [2.24, 2.45) is 0 Å². The highest BCUT2D eigenvalue weighted by molar-refractivity contribution is 14.1. The fourth-order valence-corrected chi connectivity index (χ4v) is 2.78. The van der Waals surface area contributed by atoms with E-state index in [-0.39, 0.29) is 0 Å². The molecule has 4 heteroatoms. The summed E-state index contributed by atoms with van der Waals surface area (Å²) in [6.07, 6.45) is 3.42. The van der Waals surface area contributed by atoms with Crippen LogP contribution in [-0.4, -0.2) is 9.97 Å². The van der Waals surface area contributed by atoms with Crippen LogP contribution in [0.1, 0.15) is 25.3 Å². The lowest BCUT2D eigenvalue weighted by molar-refractivity contribution is 0.865. The molecule has 2 rings (SSSR count). The van der Waals surface area contributed by atoms with E-state index in [9.17, 15) is 0 Å². The first-order valence-electron chi connectivity index (χ1n) is 5.40. The number of hydrogen-bond donors (Lipinski definition) is 0. The van der Waals surface area contributed by atoms with E-state index in [1.165, 1.54) is 10.5 Å². The first-order valence-corrected chi connectivity index (χ1v) is 7.29. The fraction of sp³-hybridized carbons (Fsp3) is 0.231. The maximum Gasteiger partial charge on any atom is 0.118 e. The zero-order valence-corrected chi connectivity index (χ0v) is 12.7. The van der Waals surface area contributed by atoms with Gasteiger partial charge in [-0.1, -0.05) is 37.7 Å². The third kappa shape index (κ3) is 3.42. The first kappa shape index (κ1) is 12.8. The smallest absolute Gasteiger partial charge is 0.118 e. The Bertz CT molecular complexity index is 497. The van der Waals surface area contributed by atoms with Gasteiger partial charge in [-0.2, -0.15) is 0 Å². The Morgan fingerprint density at radius 3 is 2.47 bits per heavy atom. The summed E-state index contributed by atoms with van der Waals surface area (Å²) in [6.45, 7) is 4.41. The van der Waals surface area contributed by atoms with Crippen molar-refractivity contribution in [1.82, 2.24) is 9.97 Å². The van der Waals surface area contributed by atoms with E-state index in [4.69, 9.17) is 0 Å². The second kappa shape index (κ2) is 5.82. The van der Waals surface area contributed by atoms with Crippen molar-refractivity contribution in [1.29, 1.82) is 0 Å². The van der Waals surface area contributed by atoms with Gasteiger partial charge in [-0.25, -0.2) is 9.97 Å². The normalized spacial score (nSPS) is 10.8. The molecular weight excluding hydrogens is 343 g/mol. The van der Waals surface area contributed by atoms with E-state index in [0.29, 0.717) is 5.92 Å². The molecule has 88 valence electrons. The maximum absolute atomic E-state index is 4.28. The topological polar surface area (TPSA) is 25.8 Å². The summed E-state index contributed by atoms with van der Waals surface area (Å²) in [5, 5.41) is 1.01. The Kier molecular flexibility index (Phi) is 4.39. The van der Waals surface area contributed by atoms with Crippen LogP contribution in [0.2, 0.25) is 0 Å². The van der Waals surface area contributed by atoms with Gasteiger partial charge in [0.2, 0.25) is 0 Å². The molecule has 0 N–H and O–H groups in total. The zero-order chi connectivity index (χ0) is 12.3. The summed E-state index contributed by atoms with van der Waals surface area (Å²) in [6, 6.07) is 8.67. The molecule has 0 saturated carbocycles. The summed E-state index contributed by atoms with van der Waals surface area (Å²) in [5.74, 6) is 0.577. The van der Waals surface area contributed by atoms with E-state index in [2.05, 4.69) is 70.7 Å². The predicted octanol–water partition coefficient (Wildman–Crippen LogP) is 4.36. The second-order valence-corrected chi connectivity index (χ2v) is 6.23. The Morgan fingerprint density at radius 2 is 1.88 bits per heavy atom. The molecule has 1 heterocycles. The van der Waals surface area contributed by atoms with Gasteiger partial charge in [0.1, 0.15) is 11.4 Å². The number of halogens is 1. The Morgan fingerprint density at radius 1 is 1.18 bits per heavy atom. The highest BCUT2D eigenvalue weighted by atomic mass is 127. The van der Waals surface area contributed by atoms with E-state index in [1.807, 2.05) is 6.20 Å². The van der Waals surface area contributed by atoms with Gasteiger partial charge in [-0.15, -0.1) is 0 Å². The molecule has 0 bridgehead atoms. The van der Waals surface area contributed by atoms with Crippen LogP contribution in [-0.2, 0) is 0 Å². The van der Waals surface area contributed by atoms with E-state index >= 15 is 0 Å². The minimum Gasteiger partial charge on any atom is -0.244 e. The quantitative estimate of drug-likeness (QED) is 0.604. The summed E-state index contributed by atoms with van der Waals surface area (Å²) < 4.78 is 1.09. The van der Waals surface area contributed by atoms with Gasteiger partial charge in [0, 0.05) is 11.1 Å². The van der Waals surface area contributed by atoms with Crippen LogP contribution in [0.4, 0.5) is 0 Å². The number of aromatic nitrogens is 2. The van der Waals surface area contributed by atoms with Crippen LogP contribution in [0.3, 0.4) is 0 Å². The van der Waals surface area contributed by atoms with Gasteiger partial charge >= 0.3 is 0 Å². The van der Waals surface area contributed by atoms with Gasteiger partial charge in [0.15, 0.2) is 0 Å². The molecule has 2 nitrogen and oxygen atoms in total. The van der Waals surface area contributed by atoms with Crippen LogP contribution in [0, 0.1) is 3.57 Å². The fourth-order valence-electron chi connectivity index (χ4n) is 1.41. The second-order valence-electron chi connectivity index (χ2n) is 4.00. The van der Waals surface area contributed by atoms with Crippen molar-refractivity contribution in [2.45, 2.75) is 29.7 Å². The van der Waals surface area contributed by atoms with Crippen LogP contribution in [0.5, 0.6) is 0 Å². The third-order valence-electron chi connectivity index (χ3n) is 2.40. The molecule has 0 radical (unpaired) electrons. The lowest BCUT2D eigenvalue weighted by Crippen LogP contribution is -1.88. The number of hydrogen-bond acceptors (Lipinski definition) is 3. The molecule has 0 spiro atoms. The number of benzene rings is 1. The monoisotopic (exact) mass is 356 g/mol. The van der Waals surface area contributed by atoms with Crippen LogP contribution >= 0.6 is 34.4 Å². The number of rotatable bonds is 3. The molecule has 2 aromatic rings. The van der Waals surface area contributed by atoms with Crippen molar-refractivity contribution < 1.29 is 0 Å². The van der Waals surface area contributed by atoms with Crippen molar-refractivity contribution in [3.63, 3.8) is 0 Å². The standard InChI is InChI=1S/C13H13IN2S/c1-9(2)10-3-5-11(6-4-10)17-13-12(14)7-15-8-16-13/h3-9H,1-2H3. The summed E-state index contributed by atoms with van der Waals surface area (Å²) in [4.78, 5) is 9.48. The molecule has 0 atom stereocenters. The average molecular weight is 356 g/mol. The molecule has 0 amide bonds.